The van der Waals surface area contributed by atoms with Crippen molar-refractivity contribution in [2.45, 2.75) is 13.8 Å². The second kappa shape index (κ2) is 8.06. The molecule has 0 unspecified atom stereocenters. The number of para-hydroxylation sites is 1. The molecule has 1 rings (SSSR count). The summed E-state index contributed by atoms with van der Waals surface area (Å²) < 4.78 is 0. The highest BCUT2D eigenvalue weighted by Gasteiger charge is 2.13. The van der Waals surface area contributed by atoms with Gasteiger partial charge in [0.1, 0.15) is 0 Å². The van der Waals surface area contributed by atoms with E-state index in [0.29, 0.717) is 18.9 Å². The number of guanidine groups is 2. The highest BCUT2D eigenvalue weighted by atomic mass is 16.7. The summed E-state index contributed by atoms with van der Waals surface area (Å²) in [7, 11) is 0. The number of hydrogen-bond acceptors (Lipinski definition) is 4. The van der Waals surface area contributed by atoms with Gasteiger partial charge in [-0.2, -0.15) is 5.06 Å². The van der Waals surface area contributed by atoms with Gasteiger partial charge in [-0.1, -0.05) is 18.2 Å². The van der Waals surface area contributed by atoms with E-state index in [-0.39, 0.29) is 11.9 Å². The first-order valence-corrected chi connectivity index (χ1v) is 5.99. The van der Waals surface area contributed by atoms with Crippen molar-refractivity contribution in [2.75, 3.05) is 18.3 Å². The molecule has 0 aliphatic rings. The molecule has 7 nitrogen and oxygen atoms in total. The Hall–Kier alpha value is -2.12. The molecule has 0 heterocycles. The topological polar surface area (TPSA) is 93.5 Å². The standard InChI is InChI=1S/C12H19N5O2/c1-3-18-16-11(13)15-12(14)17(19-4-2)10-8-6-5-7-9-10/h5-9H,3-4H2,1-2H3,(H4,13,14,15,16). The van der Waals surface area contributed by atoms with Crippen LogP contribution in [0.1, 0.15) is 13.8 Å². The number of benzene rings is 1. The summed E-state index contributed by atoms with van der Waals surface area (Å²) in [5, 5.41) is 19.3. The quantitative estimate of drug-likeness (QED) is 0.367. The molecule has 0 aromatic heterocycles. The molecule has 0 saturated heterocycles. The molecule has 0 saturated carbocycles. The van der Waals surface area contributed by atoms with Gasteiger partial charge in [-0.05, 0) is 26.0 Å². The van der Waals surface area contributed by atoms with Gasteiger partial charge in [0.2, 0.25) is 11.9 Å². The number of hydroxylamine groups is 2. The molecule has 0 atom stereocenters. The van der Waals surface area contributed by atoms with Crippen LogP contribution in [0.4, 0.5) is 5.69 Å². The van der Waals surface area contributed by atoms with Crippen molar-refractivity contribution in [3.8, 4) is 0 Å². The van der Waals surface area contributed by atoms with Crippen LogP contribution >= 0.6 is 0 Å². The zero-order valence-electron chi connectivity index (χ0n) is 11.1. The first kappa shape index (κ1) is 14.9. The number of rotatable bonds is 5. The van der Waals surface area contributed by atoms with Crippen molar-refractivity contribution in [2.24, 2.45) is 0 Å². The van der Waals surface area contributed by atoms with Crippen LogP contribution in [0.25, 0.3) is 0 Å². The van der Waals surface area contributed by atoms with Crippen LogP contribution in [0.5, 0.6) is 0 Å². The number of anilines is 1. The highest BCUT2D eigenvalue weighted by molar-refractivity contribution is 6.02. The Morgan fingerprint density at radius 3 is 2.42 bits per heavy atom. The predicted octanol–water partition coefficient (Wildman–Crippen LogP) is 1.44. The maximum absolute atomic E-state index is 7.91. The molecule has 104 valence electrons. The van der Waals surface area contributed by atoms with Crippen molar-refractivity contribution >= 4 is 17.6 Å². The molecule has 0 aliphatic carbocycles. The molecule has 1 aromatic rings. The Balaban J connectivity index is 2.66. The van der Waals surface area contributed by atoms with E-state index in [4.69, 9.17) is 20.5 Å². The average Bonchev–Trinajstić information content (AvgIpc) is 2.43. The van der Waals surface area contributed by atoms with E-state index in [1.54, 1.807) is 6.92 Å². The zero-order valence-corrected chi connectivity index (χ0v) is 11.1. The molecule has 0 radical (unpaired) electrons. The second-order valence-electron chi connectivity index (χ2n) is 3.43. The SMILES string of the molecule is CCONC(=N)NC(=N)N(OCC)c1ccccc1. The summed E-state index contributed by atoms with van der Waals surface area (Å²) in [6, 6.07) is 9.19. The van der Waals surface area contributed by atoms with Gasteiger partial charge < -0.3 is 0 Å². The van der Waals surface area contributed by atoms with Gasteiger partial charge in [0, 0.05) is 0 Å². The summed E-state index contributed by atoms with van der Waals surface area (Å²) >= 11 is 0. The lowest BCUT2D eigenvalue weighted by molar-refractivity contribution is 0.0941. The lowest BCUT2D eigenvalue weighted by atomic mass is 10.3. The van der Waals surface area contributed by atoms with Gasteiger partial charge in [0.05, 0.1) is 18.9 Å². The molecule has 4 N–H and O–H groups in total. The van der Waals surface area contributed by atoms with E-state index in [2.05, 4.69) is 10.8 Å². The van der Waals surface area contributed by atoms with Gasteiger partial charge in [0.25, 0.3) is 0 Å². The largest absolute Gasteiger partial charge is 0.293 e. The lowest BCUT2D eigenvalue weighted by Gasteiger charge is -2.24. The summed E-state index contributed by atoms with van der Waals surface area (Å²) in [6.45, 7) is 4.45. The molecular formula is C12H19N5O2. The Bertz CT molecular complexity index is 410. The number of nitrogens with one attached hydrogen (secondary N) is 4. The van der Waals surface area contributed by atoms with Crippen molar-refractivity contribution < 1.29 is 9.68 Å². The van der Waals surface area contributed by atoms with Gasteiger partial charge >= 0.3 is 0 Å². The molecular weight excluding hydrogens is 246 g/mol. The Labute approximate surface area is 112 Å². The fourth-order valence-electron chi connectivity index (χ4n) is 1.30. The zero-order chi connectivity index (χ0) is 14.1. The van der Waals surface area contributed by atoms with Crippen LogP contribution in [0.15, 0.2) is 30.3 Å². The molecule has 19 heavy (non-hydrogen) atoms. The van der Waals surface area contributed by atoms with Crippen molar-refractivity contribution in [3.05, 3.63) is 30.3 Å². The van der Waals surface area contributed by atoms with Crippen LogP contribution in [0.3, 0.4) is 0 Å². The van der Waals surface area contributed by atoms with E-state index in [1.165, 1.54) is 5.06 Å². The molecule has 0 amide bonds. The van der Waals surface area contributed by atoms with E-state index >= 15 is 0 Å². The predicted molar refractivity (Wildman–Crippen MR) is 73.9 cm³/mol. The molecule has 0 bridgehead atoms. The van der Waals surface area contributed by atoms with Gasteiger partial charge in [0.15, 0.2) is 0 Å². The molecule has 1 aromatic carbocycles. The minimum Gasteiger partial charge on any atom is -0.293 e. The fraction of sp³-hybridized carbons (Fsp3) is 0.333. The summed E-state index contributed by atoms with van der Waals surface area (Å²) in [4.78, 5) is 10.2. The maximum Gasteiger partial charge on any atom is 0.227 e. The molecule has 0 fully saturated rings. The molecule has 0 aliphatic heterocycles. The van der Waals surface area contributed by atoms with E-state index in [0.717, 1.165) is 0 Å². The first-order valence-electron chi connectivity index (χ1n) is 5.99. The number of hydrogen-bond donors (Lipinski definition) is 4. The monoisotopic (exact) mass is 265 g/mol. The van der Waals surface area contributed by atoms with Gasteiger partial charge in [-0.25, -0.2) is 5.48 Å². The van der Waals surface area contributed by atoms with Crippen molar-refractivity contribution in [3.63, 3.8) is 0 Å². The Morgan fingerprint density at radius 1 is 1.16 bits per heavy atom. The van der Waals surface area contributed by atoms with Crippen LogP contribution in [0, 0.1) is 10.8 Å². The normalized spacial score (nSPS) is 9.79. The Morgan fingerprint density at radius 2 is 1.84 bits per heavy atom. The maximum atomic E-state index is 7.91. The van der Waals surface area contributed by atoms with Crippen LogP contribution in [-0.2, 0) is 9.68 Å². The van der Waals surface area contributed by atoms with Crippen LogP contribution < -0.4 is 15.9 Å². The summed E-state index contributed by atoms with van der Waals surface area (Å²) in [5.41, 5.74) is 3.06. The van der Waals surface area contributed by atoms with Gasteiger partial charge in [-0.15, -0.1) is 0 Å². The van der Waals surface area contributed by atoms with E-state index in [1.807, 2.05) is 37.3 Å². The third kappa shape index (κ3) is 4.94. The van der Waals surface area contributed by atoms with E-state index < -0.39 is 0 Å². The second-order valence-corrected chi connectivity index (χ2v) is 3.43. The van der Waals surface area contributed by atoms with Crippen molar-refractivity contribution in [1.82, 2.24) is 10.8 Å². The summed E-state index contributed by atoms with van der Waals surface area (Å²) in [6.07, 6.45) is 0. The third-order valence-corrected chi connectivity index (χ3v) is 2.01. The summed E-state index contributed by atoms with van der Waals surface area (Å²) in [5.74, 6) is -0.210. The highest BCUT2D eigenvalue weighted by Crippen LogP contribution is 2.13. The van der Waals surface area contributed by atoms with Crippen molar-refractivity contribution in [1.29, 1.82) is 10.8 Å². The molecule has 0 spiro atoms. The third-order valence-electron chi connectivity index (χ3n) is 2.01. The minimum atomic E-state index is -0.132. The Kier molecular flexibility index (Phi) is 6.34. The van der Waals surface area contributed by atoms with Crippen LogP contribution in [-0.4, -0.2) is 25.1 Å². The minimum absolute atomic E-state index is 0.0785. The van der Waals surface area contributed by atoms with E-state index in [9.17, 15) is 0 Å². The number of nitrogens with zero attached hydrogens (tertiary/aromatic N) is 1. The lowest BCUT2D eigenvalue weighted by Crippen LogP contribution is -2.48. The average molecular weight is 265 g/mol. The first-order chi connectivity index (χ1) is 9.19. The fourth-order valence-corrected chi connectivity index (χ4v) is 1.30. The molecule has 7 heteroatoms. The van der Waals surface area contributed by atoms with Crippen LogP contribution in [0.2, 0.25) is 0 Å². The van der Waals surface area contributed by atoms with Gasteiger partial charge in [-0.3, -0.25) is 25.8 Å². The smallest absolute Gasteiger partial charge is 0.227 e.